The molecule has 0 bridgehead atoms. The van der Waals surface area contributed by atoms with E-state index >= 15 is 0 Å². The van der Waals surface area contributed by atoms with Gasteiger partial charge in [0.05, 0.1) is 29.0 Å². The van der Waals surface area contributed by atoms with Crippen molar-refractivity contribution in [2.24, 2.45) is 164 Å². The van der Waals surface area contributed by atoms with Gasteiger partial charge in [0, 0.05) is 54.9 Å². The number of rotatable bonds is 24. The van der Waals surface area contributed by atoms with E-state index in [9.17, 15) is 0 Å². The highest BCUT2D eigenvalue weighted by Gasteiger charge is 2.52. The van der Waals surface area contributed by atoms with Gasteiger partial charge < -0.3 is 38.5 Å². The molecule has 4 aliphatic carbocycles. The Kier molecular flexibility index (Phi) is 66.1. The van der Waals surface area contributed by atoms with Gasteiger partial charge in [-0.25, -0.2) is 0 Å². The van der Waals surface area contributed by atoms with E-state index in [1.165, 1.54) is 270 Å². The summed E-state index contributed by atoms with van der Waals surface area (Å²) in [6.45, 7) is 122. The predicted molar refractivity (Wildman–Crippen MR) is 644 cm³/mol. The summed E-state index contributed by atoms with van der Waals surface area (Å²) in [4.78, 5) is 10.3. The fourth-order valence-electron chi connectivity index (χ4n) is 33.3. The van der Waals surface area contributed by atoms with E-state index in [2.05, 4.69) is 380 Å². The van der Waals surface area contributed by atoms with E-state index in [1.54, 1.807) is 0 Å². The Morgan fingerprint density at radius 1 is 0.133 bits per heavy atom. The lowest BCUT2D eigenvalue weighted by molar-refractivity contribution is -0.200. The van der Waals surface area contributed by atoms with E-state index in [-0.39, 0.29) is 29.8 Å². The van der Waals surface area contributed by atoms with Crippen LogP contribution in [0.25, 0.3) is 0 Å². The Bertz CT molecular complexity index is 2820. The van der Waals surface area contributed by atoms with Crippen LogP contribution in [0, 0.1) is 164 Å². The molecule has 8 saturated heterocycles. The lowest BCUT2D eigenvalue weighted by atomic mass is 9.56. The van der Waals surface area contributed by atoms with Gasteiger partial charge in [-0.05, 0) is 353 Å². The first-order chi connectivity index (χ1) is 65.8. The molecule has 4 saturated carbocycles. The molecule has 0 unspecified atom stereocenters. The average molecular weight is 2020 g/mol. The van der Waals surface area contributed by atoms with E-state index in [1.807, 2.05) is 0 Å². The van der Waals surface area contributed by atoms with Crippen LogP contribution in [0.3, 0.4) is 0 Å². The first-order valence-electron chi connectivity index (χ1n) is 63.2. The summed E-state index contributed by atoms with van der Waals surface area (Å²) in [5.41, 5.74) is 5.44. The molecule has 143 heavy (non-hydrogen) atoms. The van der Waals surface area contributed by atoms with Crippen LogP contribution in [-0.2, 0) is 18.9 Å². The molecular weight excluding hydrogens is 1740 g/mol. The monoisotopic (exact) mass is 2020 g/mol. The van der Waals surface area contributed by atoms with Crippen LogP contribution in [-0.4, -0.2) is 145 Å². The Balaban J connectivity index is 0.00000154. The first kappa shape index (κ1) is 143. The van der Waals surface area contributed by atoms with Gasteiger partial charge in [0.2, 0.25) is 0 Å². The van der Waals surface area contributed by atoms with E-state index < -0.39 is 0 Å². The molecule has 8 heterocycles. The van der Waals surface area contributed by atoms with Crippen LogP contribution in [0.4, 0.5) is 0 Å². The highest BCUT2D eigenvalue weighted by molar-refractivity contribution is 5.05. The minimum Gasteiger partial charge on any atom is -0.374 e. The maximum absolute atomic E-state index is 6.11. The van der Waals surface area contributed by atoms with Gasteiger partial charge in [-0.2, -0.15) is 0 Å². The van der Waals surface area contributed by atoms with Crippen molar-refractivity contribution in [2.75, 3.05) is 80.8 Å². The molecule has 8 aliphatic heterocycles. The highest BCUT2D eigenvalue weighted by Crippen LogP contribution is 2.55. The summed E-state index contributed by atoms with van der Waals surface area (Å²) in [5, 5.41) is 0. The number of hydrogen-bond acceptors (Lipinski definition) is 8. The van der Waals surface area contributed by atoms with Crippen molar-refractivity contribution in [3.05, 3.63) is 0 Å². The van der Waals surface area contributed by atoms with E-state index in [0.29, 0.717) is 85.7 Å². The Hall–Kier alpha value is -0.320. The largest absolute Gasteiger partial charge is 0.374 e. The smallest absolute Gasteiger partial charge is 0.0749 e. The van der Waals surface area contributed by atoms with Crippen molar-refractivity contribution < 1.29 is 18.9 Å². The molecule has 0 radical (unpaired) electrons. The Morgan fingerprint density at radius 2 is 0.301 bits per heavy atom. The zero-order valence-electron chi connectivity index (χ0n) is 108. The first-order valence-corrected chi connectivity index (χ1v) is 63.2. The fourth-order valence-corrected chi connectivity index (χ4v) is 33.3. The lowest BCUT2D eigenvalue weighted by Gasteiger charge is -2.57. The number of ether oxygens (including phenoxy) is 4. The topological polar surface area (TPSA) is 49.9 Å². The molecule has 0 spiro atoms. The van der Waals surface area contributed by atoms with Crippen LogP contribution < -0.4 is 0 Å². The number of piperidine rings is 1. The van der Waals surface area contributed by atoms with E-state index in [4.69, 9.17) is 18.9 Å². The third-order valence-corrected chi connectivity index (χ3v) is 44.2. The molecule has 0 aromatic rings. The van der Waals surface area contributed by atoms with Gasteiger partial charge in [0.1, 0.15) is 0 Å². The zero-order chi connectivity index (χ0) is 110. The summed E-state index contributed by atoms with van der Waals surface area (Å²) < 4.78 is 23.6. The van der Waals surface area contributed by atoms with Gasteiger partial charge in [0.15, 0.2) is 0 Å². The van der Waals surface area contributed by atoms with Crippen molar-refractivity contribution >= 4 is 0 Å². The van der Waals surface area contributed by atoms with Crippen LogP contribution >= 0.6 is 0 Å². The molecule has 8 nitrogen and oxygen atoms in total. The summed E-state index contributed by atoms with van der Waals surface area (Å²) in [6, 6.07) is 0. The lowest BCUT2D eigenvalue weighted by Crippen LogP contribution is -2.64. The molecule has 0 aromatic heterocycles. The predicted octanol–water partition coefficient (Wildman–Crippen LogP) is 40.9. The minimum atomic E-state index is 0. The van der Waals surface area contributed by atoms with Crippen molar-refractivity contribution in [3.8, 4) is 0 Å². The highest BCUT2D eigenvalue weighted by atomic mass is 16.5. The molecular formula is C135H276N4O4. The van der Waals surface area contributed by atoms with Gasteiger partial charge in [-0.1, -0.05) is 436 Å². The Labute approximate surface area is 905 Å². The third kappa shape index (κ3) is 36.9. The quantitative estimate of drug-likeness (QED) is 0.0886. The maximum atomic E-state index is 6.11. The number of nitrogens with zero attached hydrogens (tertiary/aromatic N) is 4. The molecule has 860 valence electrons. The van der Waals surface area contributed by atoms with Crippen LogP contribution in [0.15, 0.2) is 0 Å². The molecule has 0 atom stereocenters. The minimum absolute atomic E-state index is 0. The fraction of sp³-hybridized carbons (Fsp3) is 1.00. The van der Waals surface area contributed by atoms with Crippen LogP contribution in [0.1, 0.15) is 584 Å². The normalized spacial score (nSPS) is 23.6. The van der Waals surface area contributed by atoms with Gasteiger partial charge in [-0.15, -0.1) is 0 Å². The van der Waals surface area contributed by atoms with Crippen LogP contribution in [0.2, 0.25) is 0 Å². The summed E-state index contributed by atoms with van der Waals surface area (Å²) in [5.74, 6) is 18.5. The average Bonchev–Trinajstić information content (AvgIpc) is 1.55. The summed E-state index contributed by atoms with van der Waals surface area (Å²) in [6.07, 6.45) is 53.3. The second kappa shape index (κ2) is 66.3. The van der Waals surface area contributed by atoms with Crippen LogP contribution in [0.5, 0.6) is 0 Å². The molecule has 12 rings (SSSR count). The van der Waals surface area contributed by atoms with Gasteiger partial charge >= 0.3 is 0 Å². The molecule has 0 N–H and O–H groups in total. The zero-order valence-corrected chi connectivity index (χ0v) is 108. The third-order valence-electron chi connectivity index (χ3n) is 44.2. The molecule has 12 fully saturated rings. The second-order valence-electron chi connectivity index (χ2n) is 57.3. The standard InChI is InChI=1S/C13H27N.C13H26.C12H25N.C12H24O.C12H24.C11H23N.C11H22O.C11H22.C10H21N.C10H20O.C10H20.C9H18O.CH4/c1-11(2)13(12(3)4)9-7-6-8-10-14(13)5;1-11(2)13(12(3)4)9-7-5-6-8-10-13;1-10(2)12(11(3)4)8-6-7-9-13(12)5;1-10(2)12(11(3)4)8-6-5-7-9-13-12;1-10(2)12(11(3)4)8-6-5-7-9-12;1-9(2)11(10(3)4)7-6-8-12(11)5;1-9(2)11(10(3)4)7-5-6-8-12-11;1-9(2)11(10(3)4)7-5-6-8-11;1-8(2)10(9(3)4)6-7-11(10)5;1-8(2)10(9(3)4)6-5-7-11-10;1-8(2)10(9(3)4)6-5-7-10;1-7(2)9(8(3)4)5-6-10-9;/h11-12H,6-10H2,1-5H3;11-12H,5-10H2,1-4H3;10-11H,6-9H2,1-5H3;10-11H,5-9H2,1-4H3;10-11H,5-9H2,1-4H3;9-10H,6-8H2,1-5H3;9-10H,5-8H2,1-4H3;9-10H,5-8H2,1-4H3;8-9H,6-7H2,1-5H3;8-9H,5-7H2,1-4H3;8-9H,5-7H2,1-4H3;7-8H,5-6H2,1-4H3;1H4. The van der Waals surface area contributed by atoms with Gasteiger partial charge in [-0.3, -0.25) is 0 Å². The summed E-state index contributed by atoms with van der Waals surface area (Å²) >= 11 is 0. The number of hydrogen-bond donors (Lipinski definition) is 0. The Morgan fingerprint density at radius 3 is 0.483 bits per heavy atom. The van der Waals surface area contributed by atoms with Crippen molar-refractivity contribution in [1.82, 2.24) is 19.6 Å². The van der Waals surface area contributed by atoms with Crippen molar-refractivity contribution in [2.45, 2.75) is 628 Å². The van der Waals surface area contributed by atoms with Crippen molar-refractivity contribution in [3.63, 3.8) is 0 Å². The van der Waals surface area contributed by atoms with Gasteiger partial charge in [0.25, 0.3) is 0 Å². The molecule has 0 aromatic carbocycles. The molecule has 8 heteroatoms. The second-order valence-corrected chi connectivity index (χ2v) is 57.3. The molecule has 12 aliphatic rings. The molecule has 0 amide bonds. The van der Waals surface area contributed by atoms with Crippen molar-refractivity contribution in [1.29, 1.82) is 0 Å². The summed E-state index contributed by atoms with van der Waals surface area (Å²) in [7, 11) is 9.17. The number of likely N-dealkylation sites (tertiary alicyclic amines) is 4. The SMILES string of the molecule is C.CC(C)C1(C(C)C)CCC1.CC(C)C1(C(C)C)CCCC1.CC(C)C1(C(C)C)CCCCC1.CC(C)C1(C(C)C)CCCCCC1.CC(C)C1(C(C)C)CCCCCN1C.CC(C)C1(C(C)C)CCCCCO1.CC(C)C1(C(C)C)CCCCN1C.CC(C)C1(C(C)C)CCCCO1.CC(C)C1(C(C)C)CCCN1C.CC(C)C1(C(C)C)CCCO1.CC(C)C1(C(C)C)CCN1C.CC(C)C1(C(C)C)CCO1. The maximum Gasteiger partial charge on any atom is 0.0749 e. The van der Waals surface area contributed by atoms with E-state index in [0.717, 1.165) is 127 Å².